The molecule has 8 nitrogen and oxygen atoms in total. The van der Waals surface area contributed by atoms with Crippen LogP contribution in [-0.4, -0.2) is 58.6 Å². The predicted molar refractivity (Wildman–Crippen MR) is 95.9 cm³/mol. The van der Waals surface area contributed by atoms with Crippen molar-refractivity contribution in [2.45, 2.75) is 6.92 Å². The summed E-state index contributed by atoms with van der Waals surface area (Å²) < 4.78 is 0. The molecule has 0 bridgehead atoms. The molecule has 8 heteroatoms. The Hall–Kier alpha value is -3.29. The summed E-state index contributed by atoms with van der Waals surface area (Å²) in [6, 6.07) is 8.18. The predicted octanol–water partition coefficient (Wildman–Crippen LogP) is 0.966. The van der Waals surface area contributed by atoms with Crippen LogP contribution in [0.25, 0.3) is 0 Å². The zero-order valence-corrected chi connectivity index (χ0v) is 14.4. The van der Waals surface area contributed by atoms with Crippen molar-refractivity contribution in [2.24, 2.45) is 0 Å². The van der Waals surface area contributed by atoms with Gasteiger partial charge in [-0.2, -0.15) is 0 Å². The van der Waals surface area contributed by atoms with Gasteiger partial charge in [0.15, 0.2) is 5.78 Å². The van der Waals surface area contributed by atoms with Crippen LogP contribution in [0.5, 0.6) is 0 Å². The molecule has 1 fully saturated rings. The van der Waals surface area contributed by atoms with Crippen LogP contribution < -0.4 is 10.2 Å². The monoisotopic (exact) mass is 353 g/mol. The number of carbonyl (C=O) groups is 3. The van der Waals surface area contributed by atoms with E-state index in [9.17, 15) is 14.4 Å². The van der Waals surface area contributed by atoms with Gasteiger partial charge in [-0.3, -0.25) is 14.4 Å². The molecule has 134 valence electrons. The number of aromatic nitrogens is 2. The molecular formula is C18H19N5O3. The van der Waals surface area contributed by atoms with Gasteiger partial charge in [0.05, 0.1) is 0 Å². The molecular weight excluding hydrogens is 334 g/mol. The molecule has 0 spiro atoms. The van der Waals surface area contributed by atoms with Crippen LogP contribution in [0.1, 0.15) is 17.3 Å². The van der Waals surface area contributed by atoms with E-state index < -0.39 is 11.8 Å². The highest BCUT2D eigenvalue weighted by atomic mass is 16.2. The van der Waals surface area contributed by atoms with Gasteiger partial charge in [-0.05, 0) is 37.3 Å². The molecule has 2 heterocycles. The number of anilines is 2. The Balaban J connectivity index is 1.54. The van der Waals surface area contributed by atoms with Crippen molar-refractivity contribution in [1.82, 2.24) is 14.9 Å². The second-order valence-corrected chi connectivity index (χ2v) is 5.92. The summed E-state index contributed by atoms with van der Waals surface area (Å²) in [6.45, 7) is 3.45. The van der Waals surface area contributed by atoms with Crippen molar-refractivity contribution in [2.75, 3.05) is 36.4 Å². The highest BCUT2D eigenvalue weighted by molar-refractivity contribution is 6.39. The lowest BCUT2D eigenvalue weighted by Gasteiger charge is -2.34. The van der Waals surface area contributed by atoms with Gasteiger partial charge in [0, 0.05) is 49.8 Å². The number of amides is 2. The van der Waals surface area contributed by atoms with Crippen molar-refractivity contribution in [3.63, 3.8) is 0 Å². The van der Waals surface area contributed by atoms with Gasteiger partial charge in [0.25, 0.3) is 0 Å². The number of nitrogens with one attached hydrogen (secondary N) is 1. The maximum atomic E-state index is 12.3. The van der Waals surface area contributed by atoms with Gasteiger partial charge in [-0.15, -0.1) is 0 Å². The third-order valence-corrected chi connectivity index (χ3v) is 4.15. The Morgan fingerprint density at radius 2 is 1.58 bits per heavy atom. The van der Waals surface area contributed by atoms with E-state index in [1.54, 1.807) is 42.7 Å². The van der Waals surface area contributed by atoms with Crippen molar-refractivity contribution in [3.05, 3.63) is 48.3 Å². The smallest absolute Gasteiger partial charge is 0.313 e. The number of nitrogens with zero attached hydrogens (tertiary/aromatic N) is 4. The molecule has 0 aliphatic carbocycles. The normalized spacial score (nSPS) is 14.0. The first-order valence-electron chi connectivity index (χ1n) is 8.28. The minimum Gasteiger partial charge on any atom is -0.337 e. The summed E-state index contributed by atoms with van der Waals surface area (Å²) >= 11 is 0. The van der Waals surface area contributed by atoms with E-state index in [0.29, 0.717) is 43.4 Å². The van der Waals surface area contributed by atoms with Gasteiger partial charge in [0.1, 0.15) is 0 Å². The summed E-state index contributed by atoms with van der Waals surface area (Å²) in [6.07, 6.45) is 3.34. The lowest BCUT2D eigenvalue weighted by atomic mass is 10.1. The summed E-state index contributed by atoms with van der Waals surface area (Å²) in [5, 5.41) is 2.57. The third-order valence-electron chi connectivity index (χ3n) is 4.15. The second kappa shape index (κ2) is 7.73. The number of Topliss-reactive ketones (excluding diaryl/α,β-unsaturated/α-hetero) is 1. The Morgan fingerprint density at radius 3 is 2.15 bits per heavy atom. The first-order valence-corrected chi connectivity index (χ1v) is 8.28. The SMILES string of the molecule is CC(=O)c1ccc(NC(=O)C(=O)N2CCN(c3ncccn3)CC2)cc1. The standard InChI is InChI=1S/C18H19N5O3/c1-13(24)14-3-5-15(6-4-14)21-16(25)17(26)22-9-11-23(12-10-22)18-19-7-2-8-20-18/h2-8H,9-12H2,1H3,(H,21,25). The van der Waals surface area contributed by atoms with Gasteiger partial charge >= 0.3 is 11.8 Å². The van der Waals surface area contributed by atoms with E-state index in [2.05, 4.69) is 15.3 Å². The average Bonchev–Trinajstić information content (AvgIpc) is 2.68. The number of hydrogen-bond acceptors (Lipinski definition) is 6. The fourth-order valence-electron chi connectivity index (χ4n) is 2.68. The van der Waals surface area contributed by atoms with Crippen LogP contribution in [0.4, 0.5) is 11.6 Å². The van der Waals surface area contributed by atoms with Crippen LogP contribution in [0.15, 0.2) is 42.7 Å². The van der Waals surface area contributed by atoms with Crippen LogP contribution in [0.2, 0.25) is 0 Å². The molecule has 1 N–H and O–H groups in total. The lowest BCUT2D eigenvalue weighted by Crippen LogP contribution is -2.52. The minimum atomic E-state index is -0.690. The zero-order valence-electron chi connectivity index (χ0n) is 14.4. The molecule has 1 saturated heterocycles. The van der Waals surface area contributed by atoms with Crippen molar-refractivity contribution in [3.8, 4) is 0 Å². The lowest BCUT2D eigenvalue weighted by molar-refractivity contribution is -0.143. The van der Waals surface area contributed by atoms with Crippen LogP contribution >= 0.6 is 0 Å². The molecule has 1 aromatic carbocycles. The summed E-state index contributed by atoms with van der Waals surface area (Å²) in [5.41, 5.74) is 1.03. The number of piperazine rings is 1. The van der Waals surface area contributed by atoms with Gasteiger partial charge < -0.3 is 15.1 Å². The van der Waals surface area contributed by atoms with E-state index >= 15 is 0 Å². The van der Waals surface area contributed by atoms with Crippen LogP contribution in [0, 0.1) is 0 Å². The topological polar surface area (TPSA) is 95.5 Å². The Bertz CT molecular complexity index is 799. The number of hydrogen-bond donors (Lipinski definition) is 1. The van der Waals surface area contributed by atoms with E-state index in [1.807, 2.05) is 4.90 Å². The average molecular weight is 353 g/mol. The third kappa shape index (κ3) is 4.02. The van der Waals surface area contributed by atoms with E-state index in [4.69, 9.17) is 0 Å². The Kier molecular flexibility index (Phi) is 5.21. The zero-order chi connectivity index (χ0) is 18.5. The first kappa shape index (κ1) is 17.5. The van der Waals surface area contributed by atoms with Crippen LogP contribution in [0.3, 0.4) is 0 Å². The molecule has 2 amide bonds. The maximum Gasteiger partial charge on any atom is 0.313 e. The summed E-state index contributed by atoms with van der Waals surface area (Å²) in [4.78, 5) is 47.6. The van der Waals surface area contributed by atoms with Crippen molar-refractivity contribution < 1.29 is 14.4 Å². The highest BCUT2D eigenvalue weighted by Gasteiger charge is 2.26. The second-order valence-electron chi connectivity index (χ2n) is 5.92. The molecule has 0 atom stereocenters. The van der Waals surface area contributed by atoms with E-state index in [1.165, 1.54) is 11.8 Å². The molecule has 1 aromatic heterocycles. The molecule has 0 radical (unpaired) electrons. The first-order chi connectivity index (χ1) is 12.5. The molecule has 26 heavy (non-hydrogen) atoms. The van der Waals surface area contributed by atoms with Crippen LogP contribution in [-0.2, 0) is 9.59 Å². The van der Waals surface area contributed by atoms with Gasteiger partial charge in [0.2, 0.25) is 5.95 Å². The van der Waals surface area contributed by atoms with E-state index in [0.717, 1.165) is 0 Å². The number of ketones is 1. The largest absolute Gasteiger partial charge is 0.337 e. The highest BCUT2D eigenvalue weighted by Crippen LogP contribution is 2.12. The fraction of sp³-hybridized carbons (Fsp3) is 0.278. The molecule has 0 unspecified atom stereocenters. The number of benzene rings is 1. The van der Waals surface area contributed by atoms with Gasteiger partial charge in [-0.1, -0.05) is 0 Å². The molecule has 1 aliphatic rings. The van der Waals surface area contributed by atoms with Crippen molar-refractivity contribution >= 4 is 29.2 Å². The van der Waals surface area contributed by atoms with Gasteiger partial charge in [-0.25, -0.2) is 9.97 Å². The summed E-state index contributed by atoms with van der Waals surface area (Å²) in [7, 11) is 0. The molecule has 0 saturated carbocycles. The maximum absolute atomic E-state index is 12.3. The molecule has 1 aliphatic heterocycles. The van der Waals surface area contributed by atoms with Crippen molar-refractivity contribution in [1.29, 1.82) is 0 Å². The fourth-order valence-corrected chi connectivity index (χ4v) is 2.68. The number of carbonyl (C=O) groups excluding carboxylic acids is 3. The summed E-state index contributed by atoms with van der Waals surface area (Å²) in [5.74, 6) is -0.701. The molecule has 2 aromatic rings. The quantitative estimate of drug-likeness (QED) is 0.652. The minimum absolute atomic E-state index is 0.0563. The Labute approximate surface area is 150 Å². The molecule has 3 rings (SSSR count). The number of rotatable bonds is 3. The van der Waals surface area contributed by atoms with E-state index in [-0.39, 0.29) is 5.78 Å². The Morgan fingerprint density at radius 1 is 0.962 bits per heavy atom.